The molecular formula is C31H41N5O6. The number of nitrogens with zero attached hydrogens (tertiary/aromatic N) is 2. The van der Waals surface area contributed by atoms with Crippen molar-refractivity contribution >= 4 is 40.7 Å². The van der Waals surface area contributed by atoms with Crippen molar-refractivity contribution in [3.05, 3.63) is 47.7 Å². The summed E-state index contributed by atoms with van der Waals surface area (Å²) in [7, 11) is 1.43. The Morgan fingerprint density at radius 2 is 1.83 bits per heavy atom. The molecule has 4 rings (SSSR count). The minimum absolute atomic E-state index is 0.101. The number of hydrazine groups is 1. The van der Waals surface area contributed by atoms with Gasteiger partial charge in [0.15, 0.2) is 6.10 Å². The fraction of sp³-hybridized carbons (Fsp3) is 0.516. The Morgan fingerprint density at radius 1 is 1.10 bits per heavy atom. The second-order valence-corrected chi connectivity index (χ2v) is 11.9. The van der Waals surface area contributed by atoms with Crippen molar-refractivity contribution in [2.24, 2.45) is 11.3 Å². The molecule has 11 nitrogen and oxygen atoms in total. The van der Waals surface area contributed by atoms with E-state index < -0.39 is 41.4 Å². The summed E-state index contributed by atoms with van der Waals surface area (Å²) in [6.07, 6.45) is 3.54. The smallest absolute Gasteiger partial charge is 0.316 e. The quantitative estimate of drug-likeness (QED) is 0.472. The first kappa shape index (κ1) is 31.1. The summed E-state index contributed by atoms with van der Waals surface area (Å²) in [6, 6.07) is 7.54. The van der Waals surface area contributed by atoms with Crippen molar-refractivity contribution < 1.29 is 28.7 Å². The molecule has 3 amide bonds. The van der Waals surface area contributed by atoms with Crippen molar-refractivity contribution in [3.8, 4) is 0 Å². The van der Waals surface area contributed by atoms with Gasteiger partial charge in [-0.1, -0.05) is 44.2 Å². The zero-order valence-electron chi connectivity index (χ0n) is 25.1. The summed E-state index contributed by atoms with van der Waals surface area (Å²) >= 11 is 0. The van der Waals surface area contributed by atoms with Gasteiger partial charge in [-0.3, -0.25) is 29.2 Å². The number of nitrogens with one attached hydrogen (secondary N) is 3. The minimum atomic E-state index is -1.14. The molecule has 11 heteroatoms. The van der Waals surface area contributed by atoms with E-state index >= 15 is 0 Å². The number of hydrogen-bond donors (Lipinski definition) is 3. The van der Waals surface area contributed by atoms with E-state index in [9.17, 15) is 19.2 Å². The van der Waals surface area contributed by atoms with Gasteiger partial charge in [0.25, 0.3) is 11.8 Å². The molecule has 3 heterocycles. The van der Waals surface area contributed by atoms with Crippen LogP contribution >= 0.6 is 0 Å². The maximum absolute atomic E-state index is 13.5. The molecule has 4 atom stereocenters. The van der Waals surface area contributed by atoms with Crippen LogP contribution in [0, 0.1) is 11.3 Å². The lowest BCUT2D eigenvalue weighted by Crippen LogP contribution is -2.62. The molecule has 1 unspecified atom stereocenters. The average Bonchev–Trinajstić information content (AvgIpc) is 2.96. The zero-order valence-corrected chi connectivity index (χ0v) is 25.1. The van der Waals surface area contributed by atoms with Gasteiger partial charge in [0, 0.05) is 19.0 Å². The second-order valence-electron chi connectivity index (χ2n) is 11.9. The number of methoxy groups -OCH3 is 1. The molecular weight excluding hydrogens is 538 g/mol. The summed E-state index contributed by atoms with van der Waals surface area (Å²) in [4.78, 5) is 58.2. The Bertz CT molecular complexity index is 1370. The number of aromatic nitrogens is 1. The third-order valence-corrected chi connectivity index (χ3v) is 7.57. The van der Waals surface area contributed by atoms with Crippen LogP contribution in [-0.4, -0.2) is 72.1 Å². The van der Waals surface area contributed by atoms with Crippen LogP contribution in [0.4, 0.5) is 0 Å². The Kier molecular flexibility index (Phi) is 9.63. The number of amides is 3. The standard InChI is InChI=1S/C31H41N5O6/c1-18(2)26-28(38)34-25(17-41-6)29(39)36-15-7-8-23(35-36)27(37)32-19(3)22-12-11-21-10-9-20(16-24(21)33-22)13-14-31(4,5)30(40)42-26/h9-14,16,18-19,23,25-26,35H,7-8,15,17H2,1-6H3,(H,32,37)(H,34,38)/t19-,23+,25?,26+/m1/s1. The number of fused-ring (bicyclic) bond motifs is 4. The van der Waals surface area contributed by atoms with Crippen molar-refractivity contribution in [1.29, 1.82) is 0 Å². The third kappa shape index (κ3) is 7.14. The van der Waals surface area contributed by atoms with E-state index in [1.807, 2.05) is 43.3 Å². The number of benzene rings is 1. The lowest BCUT2D eigenvalue weighted by atomic mass is 9.92. The fourth-order valence-electron chi connectivity index (χ4n) is 4.93. The molecule has 5 bridgehead atoms. The van der Waals surface area contributed by atoms with E-state index in [0.29, 0.717) is 25.1 Å². The van der Waals surface area contributed by atoms with Crippen LogP contribution in [-0.2, 0) is 28.7 Å². The van der Waals surface area contributed by atoms with Crippen LogP contribution < -0.4 is 16.1 Å². The number of esters is 1. The van der Waals surface area contributed by atoms with E-state index in [2.05, 4.69) is 16.1 Å². The van der Waals surface area contributed by atoms with Crippen LogP contribution in [0.15, 0.2) is 36.4 Å². The van der Waals surface area contributed by atoms with Gasteiger partial charge < -0.3 is 20.1 Å². The molecule has 0 saturated carbocycles. The normalized spacial score (nSPS) is 25.7. The molecule has 0 radical (unpaired) electrons. The zero-order chi connectivity index (χ0) is 30.6. The van der Waals surface area contributed by atoms with Crippen LogP contribution in [0.3, 0.4) is 0 Å². The Morgan fingerprint density at radius 3 is 2.55 bits per heavy atom. The molecule has 226 valence electrons. The number of carbonyl (C=O) groups excluding carboxylic acids is 4. The largest absolute Gasteiger partial charge is 0.451 e. The maximum Gasteiger partial charge on any atom is 0.316 e. The van der Waals surface area contributed by atoms with Crippen LogP contribution in [0.5, 0.6) is 0 Å². The number of carbonyl (C=O) groups is 4. The van der Waals surface area contributed by atoms with Gasteiger partial charge in [0.1, 0.15) is 12.1 Å². The molecule has 1 aromatic heterocycles. The highest BCUT2D eigenvalue weighted by Gasteiger charge is 2.37. The lowest BCUT2D eigenvalue weighted by Gasteiger charge is -2.36. The summed E-state index contributed by atoms with van der Waals surface area (Å²) in [5.41, 5.74) is 4.24. The highest BCUT2D eigenvalue weighted by molar-refractivity contribution is 5.92. The predicted octanol–water partition coefficient (Wildman–Crippen LogP) is 2.66. The lowest BCUT2D eigenvalue weighted by molar-refractivity contribution is -0.165. The first-order chi connectivity index (χ1) is 19.9. The molecule has 42 heavy (non-hydrogen) atoms. The first-order valence-corrected chi connectivity index (χ1v) is 14.4. The van der Waals surface area contributed by atoms with Crippen LogP contribution in [0.2, 0.25) is 0 Å². The highest BCUT2D eigenvalue weighted by Crippen LogP contribution is 2.25. The number of ether oxygens (including phenoxy) is 2. The minimum Gasteiger partial charge on any atom is -0.451 e. The van der Waals surface area contributed by atoms with Gasteiger partial charge in [-0.2, -0.15) is 0 Å². The van der Waals surface area contributed by atoms with E-state index in [4.69, 9.17) is 14.5 Å². The van der Waals surface area contributed by atoms with Crippen molar-refractivity contribution in [2.45, 2.75) is 71.7 Å². The van der Waals surface area contributed by atoms with Crippen molar-refractivity contribution in [3.63, 3.8) is 0 Å². The van der Waals surface area contributed by atoms with Gasteiger partial charge in [-0.05, 0) is 57.2 Å². The van der Waals surface area contributed by atoms with Gasteiger partial charge >= 0.3 is 5.97 Å². The average molecular weight is 580 g/mol. The van der Waals surface area contributed by atoms with Gasteiger partial charge in [0.2, 0.25) is 5.91 Å². The summed E-state index contributed by atoms with van der Waals surface area (Å²) in [5, 5.41) is 8.01. The van der Waals surface area contributed by atoms with E-state index in [-0.39, 0.29) is 24.5 Å². The van der Waals surface area contributed by atoms with Gasteiger partial charge in [-0.15, -0.1) is 0 Å². The van der Waals surface area contributed by atoms with E-state index in [1.165, 1.54) is 12.1 Å². The molecule has 0 aliphatic carbocycles. The first-order valence-electron chi connectivity index (χ1n) is 14.4. The molecule has 2 aliphatic rings. The van der Waals surface area contributed by atoms with Crippen molar-refractivity contribution in [1.82, 2.24) is 26.1 Å². The van der Waals surface area contributed by atoms with E-state index in [0.717, 1.165) is 16.5 Å². The molecule has 1 fully saturated rings. The van der Waals surface area contributed by atoms with Crippen LogP contribution in [0.25, 0.3) is 17.0 Å². The number of cyclic esters (lactones) is 1. The van der Waals surface area contributed by atoms with E-state index in [1.54, 1.807) is 33.8 Å². The molecule has 3 N–H and O–H groups in total. The third-order valence-electron chi connectivity index (χ3n) is 7.57. The SMILES string of the molecule is COCC1NC(=O)[C@H](C(C)C)OC(=O)C(C)(C)C=Cc2ccc3ccc(nc3c2)[C@@H](C)NC(=O)[C@@H]2CCCN(N2)C1=O. The molecule has 2 aliphatic heterocycles. The number of hydrogen-bond acceptors (Lipinski definition) is 8. The predicted molar refractivity (Wildman–Crippen MR) is 158 cm³/mol. The maximum atomic E-state index is 13.5. The van der Waals surface area contributed by atoms with Gasteiger partial charge in [0.05, 0.1) is 29.3 Å². The fourth-order valence-corrected chi connectivity index (χ4v) is 4.93. The monoisotopic (exact) mass is 579 g/mol. The van der Waals surface area contributed by atoms with Gasteiger partial charge in [-0.25, -0.2) is 5.43 Å². The Labute approximate surface area is 246 Å². The molecule has 1 saturated heterocycles. The number of rotatable bonds is 3. The topological polar surface area (TPSA) is 139 Å². The Balaban J connectivity index is 1.72. The molecule has 2 aromatic rings. The van der Waals surface area contributed by atoms with Crippen LogP contribution in [0.1, 0.15) is 64.8 Å². The summed E-state index contributed by atoms with van der Waals surface area (Å²) < 4.78 is 11.0. The molecule has 0 spiro atoms. The Hall–Kier alpha value is -3.83. The number of pyridine rings is 1. The summed E-state index contributed by atoms with van der Waals surface area (Å²) in [6.45, 7) is 9.08. The second kappa shape index (κ2) is 13.0. The summed E-state index contributed by atoms with van der Waals surface area (Å²) in [5.74, 6) is -2.25. The van der Waals surface area contributed by atoms with Crippen molar-refractivity contribution in [2.75, 3.05) is 20.3 Å². The highest BCUT2D eigenvalue weighted by atomic mass is 16.5. The molecule has 1 aromatic carbocycles.